The van der Waals surface area contributed by atoms with E-state index in [0.717, 1.165) is 89.9 Å². The summed E-state index contributed by atoms with van der Waals surface area (Å²) in [5.74, 6) is 5.04. The van der Waals surface area contributed by atoms with Gasteiger partial charge < -0.3 is 9.47 Å². The summed E-state index contributed by atoms with van der Waals surface area (Å²) in [6.45, 7) is 8.80. The third kappa shape index (κ3) is 7.64. The third-order valence-corrected chi connectivity index (χ3v) is 7.23. The van der Waals surface area contributed by atoms with Crippen LogP contribution in [-0.2, 0) is 19.1 Å². The van der Waals surface area contributed by atoms with Crippen LogP contribution in [0.3, 0.4) is 0 Å². The van der Waals surface area contributed by atoms with Crippen molar-refractivity contribution in [3.63, 3.8) is 0 Å². The van der Waals surface area contributed by atoms with Crippen LogP contribution in [0, 0.1) is 23.7 Å². The van der Waals surface area contributed by atoms with E-state index in [0.29, 0.717) is 11.8 Å². The van der Waals surface area contributed by atoms with Crippen molar-refractivity contribution in [2.75, 3.05) is 0 Å². The van der Waals surface area contributed by atoms with Crippen molar-refractivity contribution >= 4 is 11.9 Å². The van der Waals surface area contributed by atoms with Gasteiger partial charge in [-0.2, -0.15) is 0 Å². The van der Waals surface area contributed by atoms with E-state index in [-0.39, 0.29) is 0 Å². The zero-order valence-corrected chi connectivity index (χ0v) is 19.7. The first kappa shape index (κ1) is 24.8. The highest BCUT2D eigenvalue weighted by atomic mass is 16.6. The minimum atomic E-state index is -0.586. The van der Waals surface area contributed by atoms with Gasteiger partial charge in [-0.05, 0) is 88.9 Å². The number of rotatable bonds is 8. The van der Waals surface area contributed by atoms with Gasteiger partial charge in [0.25, 0.3) is 0 Å². The Bertz CT molecular complexity index is 548. The van der Waals surface area contributed by atoms with E-state index >= 15 is 0 Å². The van der Waals surface area contributed by atoms with E-state index in [4.69, 9.17) is 9.47 Å². The molecule has 0 heterocycles. The zero-order chi connectivity index (χ0) is 22.0. The summed E-state index contributed by atoms with van der Waals surface area (Å²) in [6.07, 6.45) is 13.9. The topological polar surface area (TPSA) is 52.6 Å². The van der Waals surface area contributed by atoms with Crippen molar-refractivity contribution in [3.8, 4) is 11.8 Å². The van der Waals surface area contributed by atoms with E-state index in [2.05, 4.69) is 39.5 Å². The average molecular weight is 419 g/mol. The van der Waals surface area contributed by atoms with Crippen LogP contribution >= 0.6 is 0 Å². The van der Waals surface area contributed by atoms with Gasteiger partial charge in [0.1, 0.15) is 11.2 Å². The molecule has 2 aliphatic rings. The first-order valence-corrected chi connectivity index (χ1v) is 12.3. The standard InChI is InChI=1S/C26H42O4/c1-5-7-15-25(17-11-21(3)12-18-25)29-23(27)9-10-24(28)30-26(16-8-6-2)19-13-22(4)14-20-26/h21-22H,5-8,11-20H2,1-4H3. The van der Waals surface area contributed by atoms with Crippen molar-refractivity contribution in [2.24, 2.45) is 11.8 Å². The van der Waals surface area contributed by atoms with Crippen molar-refractivity contribution in [1.82, 2.24) is 0 Å². The summed E-state index contributed by atoms with van der Waals surface area (Å²) in [6, 6.07) is 0. The van der Waals surface area contributed by atoms with Gasteiger partial charge >= 0.3 is 11.9 Å². The van der Waals surface area contributed by atoms with E-state index in [9.17, 15) is 9.59 Å². The molecule has 2 aliphatic carbocycles. The van der Waals surface area contributed by atoms with Crippen LogP contribution in [0.2, 0.25) is 0 Å². The molecule has 0 aliphatic heterocycles. The van der Waals surface area contributed by atoms with Gasteiger partial charge in [-0.1, -0.05) is 40.5 Å². The van der Waals surface area contributed by atoms with Gasteiger partial charge in [0.15, 0.2) is 0 Å². The van der Waals surface area contributed by atoms with Gasteiger partial charge in [-0.25, -0.2) is 9.59 Å². The third-order valence-electron chi connectivity index (χ3n) is 7.23. The lowest BCUT2D eigenvalue weighted by Crippen LogP contribution is -2.39. The highest BCUT2D eigenvalue weighted by Crippen LogP contribution is 2.39. The number of ether oxygens (including phenoxy) is 2. The molecule has 0 N–H and O–H groups in total. The molecule has 4 nitrogen and oxygen atoms in total. The highest BCUT2D eigenvalue weighted by molar-refractivity contribution is 5.98. The highest BCUT2D eigenvalue weighted by Gasteiger charge is 2.38. The lowest BCUT2D eigenvalue weighted by molar-refractivity contribution is -0.160. The first-order chi connectivity index (χ1) is 14.3. The molecule has 0 aromatic rings. The number of hydrogen-bond donors (Lipinski definition) is 0. The van der Waals surface area contributed by atoms with Crippen LogP contribution in [0.25, 0.3) is 0 Å². The maximum Gasteiger partial charge on any atom is 0.385 e. The van der Waals surface area contributed by atoms with Gasteiger partial charge in [-0.3, -0.25) is 0 Å². The maximum atomic E-state index is 12.4. The molecule has 0 bridgehead atoms. The summed E-state index contributed by atoms with van der Waals surface area (Å²) >= 11 is 0. The van der Waals surface area contributed by atoms with Gasteiger partial charge in [0.05, 0.1) is 0 Å². The van der Waals surface area contributed by atoms with E-state index in [1.807, 2.05) is 0 Å². The minimum absolute atomic E-state index is 0.403. The number of carbonyl (C=O) groups excluding carboxylic acids is 2. The quantitative estimate of drug-likeness (QED) is 0.262. The molecule has 0 aromatic heterocycles. The number of hydrogen-bond acceptors (Lipinski definition) is 4. The predicted molar refractivity (Wildman–Crippen MR) is 120 cm³/mol. The molecule has 0 aromatic carbocycles. The second-order valence-electron chi connectivity index (χ2n) is 9.97. The molecule has 4 heteroatoms. The second kappa shape index (κ2) is 11.8. The molecular formula is C26H42O4. The van der Waals surface area contributed by atoms with Gasteiger partial charge in [0, 0.05) is 11.8 Å². The van der Waals surface area contributed by atoms with Crippen molar-refractivity contribution in [2.45, 2.75) is 129 Å². The molecule has 30 heavy (non-hydrogen) atoms. The number of carbonyl (C=O) groups is 2. The Hall–Kier alpha value is -1.50. The Kier molecular flexibility index (Phi) is 9.72. The Balaban J connectivity index is 1.96. The predicted octanol–water partition coefficient (Wildman–Crippen LogP) is 6.35. The number of unbranched alkanes of at least 4 members (excludes halogenated alkanes) is 2. The Labute approximate surface area is 183 Å². The second-order valence-corrected chi connectivity index (χ2v) is 9.97. The van der Waals surface area contributed by atoms with Crippen LogP contribution in [0.4, 0.5) is 0 Å². The molecule has 0 unspecified atom stereocenters. The molecule has 0 spiro atoms. The monoisotopic (exact) mass is 418 g/mol. The summed E-state index contributed by atoms with van der Waals surface area (Å²) in [5.41, 5.74) is -0.805. The molecule has 2 saturated carbocycles. The van der Waals surface area contributed by atoms with Crippen LogP contribution in [0.15, 0.2) is 0 Å². The molecule has 2 fully saturated rings. The Morgan fingerprint density at radius 3 is 1.37 bits per heavy atom. The van der Waals surface area contributed by atoms with E-state index in [1.165, 1.54) is 0 Å². The Morgan fingerprint density at radius 1 is 0.733 bits per heavy atom. The largest absolute Gasteiger partial charge is 0.449 e. The van der Waals surface area contributed by atoms with Crippen LogP contribution < -0.4 is 0 Å². The van der Waals surface area contributed by atoms with Crippen molar-refractivity contribution in [3.05, 3.63) is 0 Å². The first-order valence-electron chi connectivity index (χ1n) is 12.3. The van der Waals surface area contributed by atoms with Crippen LogP contribution in [-0.4, -0.2) is 23.1 Å². The SMILES string of the molecule is CCCCC1(OC(=O)C#CC(=O)OC2(CCCC)CCC(C)CC2)CCC(C)CC1. The molecule has 0 radical (unpaired) electrons. The minimum Gasteiger partial charge on any atom is -0.449 e. The van der Waals surface area contributed by atoms with Gasteiger partial charge in [0.2, 0.25) is 0 Å². The smallest absolute Gasteiger partial charge is 0.385 e. The molecule has 2 rings (SSSR count). The fourth-order valence-corrected chi connectivity index (χ4v) is 4.93. The van der Waals surface area contributed by atoms with Crippen molar-refractivity contribution < 1.29 is 19.1 Å². The molecule has 170 valence electrons. The van der Waals surface area contributed by atoms with Crippen molar-refractivity contribution in [1.29, 1.82) is 0 Å². The lowest BCUT2D eigenvalue weighted by atomic mass is 9.77. The molecule has 0 atom stereocenters. The lowest BCUT2D eigenvalue weighted by Gasteiger charge is -2.38. The summed E-state index contributed by atoms with van der Waals surface area (Å²) in [4.78, 5) is 24.9. The average Bonchev–Trinajstić information content (AvgIpc) is 2.74. The van der Waals surface area contributed by atoms with E-state index < -0.39 is 23.1 Å². The fraction of sp³-hybridized carbons (Fsp3) is 0.846. The van der Waals surface area contributed by atoms with Crippen LogP contribution in [0.5, 0.6) is 0 Å². The summed E-state index contributed by atoms with van der Waals surface area (Å²) in [7, 11) is 0. The molecule has 0 amide bonds. The number of esters is 2. The molecular weight excluding hydrogens is 376 g/mol. The summed E-state index contributed by atoms with van der Waals surface area (Å²) in [5, 5.41) is 0. The fourth-order valence-electron chi connectivity index (χ4n) is 4.93. The van der Waals surface area contributed by atoms with Gasteiger partial charge in [-0.15, -0.1) is 0 Å². The maximum absolute atomic E-state index is 12.4. The Morgan fingerprint density at radius 2 is 1.07 bits per heavy atom. The molecule has 0 saturated heterocycles. The van der Waals surface area contributed by atoms with Crippen LogP contribution in [0.1, 0.15) is 118 Å². The zero-order valence-electron chi connectivity index (χ0n) is 19.7. The normalized spacial score (nSPS) is 31.3. The van der Waals surface area contributed by atoms with E-state index in [1.54, 1.807) is 0 Å². The summed E-state index contributed by atoms with van der Waals surface area (Å²) < 4.78 is 11.7.